The van der Waals surface area contributed by atoms with E-state index in [-0.39, 0.29) is 34.7 Å². The number of carbonyl (C=O) groups is 2. The van der Waals surface area contributed by atoms with Gasteiger partial charge in [0.05, 0.1) is 31.9 Å². The summed E-state index contributed by atoms with van der Waals surface area (Å²) in [5.74, 6) is -3.30. The number of pyridine rings is 2. The number of carboxylic acid groups (broad SMARTS) is 1. The van der Waals surface area contributed by atoms with Crippen molar-refractivity contribution < 1.29 is 37.0 Å². The summed E-state index contributed by atoms with van der Waals surface area (Å²) >= 11 is 1.24. The van der Waals surface area contributed by atoms with Crippen LogP contribution in [0.2, 0.25) is 0 Å². The summed E-state index contributed by atoms with van der Waals surface area (Å²) < 4.78 is 62.8. The molecule has 5 aromatic rings. The molecule has 44 heavy (non-hydrogen) atoms. The molecule has 0 aliphatic carbocycles. The highest BCUT2D eigenvalue weighted by Gasteiger charge is 2.38. The number of aromatic nitrogens is 2. The van der Waals surface area contributed by atoms with Crippen molar-refractivity contribution in [3.05, 3.63) is 108 Å². The van der Waals surface area contributed by atoms with Crippen molar-refractivity contribution in [2.24, 2.45) is 0 Å². The SMILES string of the molecule is N=C/C(C(=O)Nc1ccc(Oc2ccnc3cc(-c4ccc(C(=O)O)cn4)sc23)c(F)c1)=C(\Nc1ccccc1)C(F)(F)F. The van der Waals surface area contributed by atoms with E-state index in [4.69, 9.17) is 15.3 Å². The number of allylic oxidation sites excluding steroid dienone is 1. The van der Waals surface area contributed by atoms with Gasteiger partial charge < -0.3 is 25.9 Å². The summed E-state index contributed by atoms with van der Waals surface area (Å²) in [4.78, 5) is 33.0. The lowest BCUT2D eigenvalue weighted by Gasteiger charge is -2.17. The van der Waals surface area contributed by atoms with Gasteiger partial charge in [-0.2, -0.15) is 13.2 Å². The van der Waals surface area contributed by atoms with E-state index in [1.54, 1.807) is 18.2 Å². The van der Waals surface area contributed by atoms with Gasteiger partial charge in [-0.15, -0.1) is 11.3 Å². The van der Waals surface area contributed by atoms with Gasteiger partial charge in [0.15, 0.2) is 11.6 Å². The highest BCUT2D eigenvalue weighted by atomic mass is 32.1. The van der Waals surface area contributed by atoms with Gasteiger partial charge in [0, 0.05) is 42.1 Å². The highest BCUT2D eigenvalue weighted by Crippen LogP contribution is 2.39. The summed E-state index contributed by atoms with van der Waals surface area (Å²) in [5.41, 5.74) is -1.54. The number of carboxylic acids is 1. The number of amides is 1. The van der Waals surface area contributed by atoms with Gasteiger partial charge in [0.1, 0.15) is 11.4 Å². The van der Waals surface area contributed by atoms with E-state index in [0.717, 1.165) is 6.07 Å². The van der Waals surface area contributed by atoms with Crippen molar-refractivity contribution in [3.63, 3.8) is 0 Å². The molecule has 0 radical (unpaired) electrons. The predicted octanol–water partition coefficient (Wildman–Crippen LogP) is 7.50. The van der Waals surface area contributed by atoms with Crippen LogP contribution >= 0.6 is 11.3 Å². The molecule has 2 aromatic carbocycles. The molecular formula is C30H19F4N5O4S. The number of benzene rings is 2. The monoisotopic (exact) mass is 621 g/mol. The van der Waals surface area contributed by atoms with Gasteiger partial charge in [-0.3, -0.25) is 14.8 Å². The van der Waals surface area contributed by atoms with Crippen LogP contribution in [-0.4, -0.2) is 39.3 Å². The predicted molar refractivity (Wildman–Crippen MR) is 157 cm³/mol. The van der Waals surface area contributed by atoms with Crippen LogP contribution in [0, 0.1) is 11.2 Å². The fourth-order valence-corrected chi connectivity index (χ4v) is 5.02. The van der Waals surface area contributed by atoms with Gasteiger partial charge in [-0.1, -0.05) is 18.2 Å². The number of para-hydroxylation sites is 1. The normalized spacial score (nSPS) is 11.9. The van der Waals surface area contributed by atoms with Crippen LogP contribution in [0.1, 0.15) is 10.4 Å². The Morgan fingerprint density at radius 2 is 1.70 bits per heavy atom. The minimum Gasteiger partial charge on any atom is -0.478 e. The molecule has 0 unspecified atom stereocenters. The average Bonchev–Trinajstić information content (AvgIpc) is 3.44. The Morgan fingerprint density at radius 1 is 0.932 bits per heavy atom. The van der Waals surface area contributed by atoms with Crippen LogP contribution in [0.15, 0.2) is 96.5 Å². The topological polar surface area (TPSA) is 137 Å². The standard InChI is InChI=1S/C30H19F4N5O4S/c31-20-12-18(39-28(40)19(14-35)27(30(32,33)34)38-17-4-2-1-3-5-17)7-9-23(20)43-24-10-11-36-22-13-25(44-26(22)24)21-8-6-16(15-37-21)29(41)42/h1-15,35,38H,(H,39,40)(H,41,42)/b27-19+,35-14?. The summed E-state index contributed by atoms with van der Waals surface area (Å²) in [6.07, 6.45) is -2.05. The molecule has 0 saturated heterocycles. The molecule has 0 fully saturated rings. The highest BCUT2D eigenvalue weighted by molar-refractivity contribution is 7.22. The molecule has 0 spiro atoms. The van der Waals surface area contributed by atoms with Gasteiger partial charge in [0.2, 0.25) is 0 Å². The van der Waals surface area contributed by atoms with Crippen molar-refractivity contribution in [2.75, 3.05) is 10.6 Å². The lowest BCUT2D eigenvalue weighted by Crippen LogP contribution is -2.27. The Kier molecular flexibility index (Phi) is 8.35. The lowest BCUT2D eigenvalue weighted by molar-refractivity contribution is -0.114. The lowest BCUT2D eigenvalue weighted by atomic mass is 10.1. The first-order valence-electron chi connectivity index (χ1n) is 12.5. The molecule has 3 heterocycles. The molecule has 0 bridgehead atoms. The zero-order chi connectivity index (χ0) is 31.4. The quantitative estimate of drug-likeness (QED) is 0.0760. The molecule has 5 rings (SSSR count). The molecule has 0 aliphatic rings. The van der Waals surface area contributed by atoms with Gasteiger partial charge in [-0.05, 0) is 42.5 Å². The largest absolute Gasteiger partial charge is 0.478 e. The third-order valence-electron chi connectivity index (χ3n) is 6.03. The van der Waals surface area contributed by atoms with Crippen LogP contribution in [0.4, 0.5) is 28.9 Å². The second-order valence-electron chi connectivity index (χ2n) is 8.99. The number of halogens is 4. The van der Waals surface area contributed by atoms with Gasteiger partial charge >= 0.3 is 12.1 Å². The van der Waals surface area contributed by atoms with Crippen molar-refractivity contribution in [3.8, 4) is 22.1 Å². The van der Waals surface area contributed by atoms with Crippen LogP contribution in [0.3, 0.4) is 0 Å². The zero-order valence-corrected chi connectivity index (χ0v) is 23.0. The van der Waals surface area contributed by atoms with Crippen LogP contribution in [-0.2, 0) is 4.79 Å². The van der Waals surface area contributed by atoms with Crippen molar-refractivity contribution >= 4 is 51.0 Å². The number of nitrogens with zero attached hydrogens (tertiary/aromatic N) is 2. The number of fused-ring (bicyclic) bond motifs is 1. The van der Waals surface area contributed by atoms with Gasteiger partial charge in [-0.25, -0.2) is 9.18 Å². The Balaban J connectivity index is 1.37. The second-order valence-corrected chi connectivity index (χ2v) is 10.0. The third kappa shape index (κ3) is 6.55. The Labute approximate surface area is 250 Å². The number of anilines is 2. The molecule has 14 heteroatoms. The van der Waals surface area contributed by atoms with E-state index >= 15 is 4.39 Å². The summed E-state index contributed by atoms with van der Waals surface area (Å²) in [6, 6.07) is 16.8. The first-order chi connectivity index (χ1) is 21.0. The zero-order valence-electron chi connectivity index (χ0n) is 22.1. The number of thiophene rings is 1. The second kappa shape index (κ2) is 12.3. The van der Waals surface area contributed by atoms with E-state index in [0.29, 0.717) is 20.8 Å². The Bertz CT molecular complexity index is 1910. The molecule has 0 saturated carbocycles. The van der Waals surface area contributed by atoms with Gasteiger partial charge in [0.25, 0.3) is 5.91 Å². The Morgan fingerprint density at radius 3 is 2.34 bits per heavy atom. The van der Waals surface area contributed by atoms with E-state index in [2.05, 4.69) is 20.6 Å². The van der Waals surface area contributed by atoms with Crippen molar-refractivity contribution in [2.45, 2.75) is 6.18 Å². The number of hydrogen-bond donors (Lipinski definition) is 4. The summed E-state index contributed by atoms with van der Waals surface area (Å²) in [6.45, 7) is 0. The third-order valence-corrected chi connectivity index (χ3v) is 7.19. The first-order valence-corrected chi connectivity index (χ1v) is 13.4. The van der Waals surface area contributed by atoms with Crippen LogP contribution < -0.4 is 15.4 Å². The van der Waals surface area contributed by atoms with E-state index < -0.39 is 35.1 Å². The number of alkyl halides is 3. The number of ether oxygens (including phenoxy) is 1. The van der Waals surface area contributed by atoms with Crippen molar-refractivity contribution in [1.29, 1.82) is 5.41 Å². The minimum absolute atomic E-state index is 0.0295. The molecule has 9 nitrogen and oxygen atoms in total. The molecule has 3 aromatic heterocycles. The van der Waals surface area contributed by atoms with Crippen molar-refractivity contribution in [1.82, 2.24) is 9.97 Å². The van der Waals surface area contributed by atoms with Crippen LogP contribution in [0.25, 0.3) is 20.8 Å². The Hall–Kier alpha value is -5.63. The molecule has 0 aliphatic heterocycles. The maximum Gasteiger partial charge on any atom is 0.432 e. The fourth-order valence-electron chi connectivity index (χ4n) is 3.97. The van der Waals surface area contributed by atoms with Crippen LogP contribution in [0.5, 0.6) is 11.5 Å². The molecule has 222 valence electrons. The number of nitrogens with one attached hydrogen (secondary N) is 3. The minimum atomic E-state index is -5.00. The maximum absolute atomic E-state index is 15.1. The summed E-state index contributed by atoms with van der Waals surface area (Å²) in [7, 11) is 0. The maximum atomic E-state index is 15.1. The van der Waals surface area contributed by atoms with E-state index in [1.807, 2.05) is 0 Å². The molecule has 0 atom stereocenters. The fraction of sp³-hybridized carbons (Fsp3) is 0.0333. The number of hydrogen-bond acceptors (Lipinski definition) is 8. The average molecular weight is 622 g/mol. The van der Waals surface area contributed by atoms with E-state index in [1.165, 1.54) is 72.3 Å². The first kappa shape index (κ1) is 29.8. The summed E-state index contributed by atoms with van der Waals surface area (Å²) in [5, 5.41) is 20.9. The smallest absolute Gasteiger partial charge is 0.432 e. The number of rotatable bonds is 9. The van der Waals surface area contributed by atoms with E-state index in [9.17, 15) is 22.8 Å². The molecule has 1 amide bonds. The molecular weight excluding hydrogens is 602 g/mol. The number of carbonyl (C=O) groups excluding carboxylic acids is 1. The molecule has 4 N–H and O–H groups in total. The number of aromatic carboxylic acids is 1.